The van der Waals surface area contributed by atoms with E-state index in [1.807, 2.05) is 7.05 Å². The van der Waals surface area contributed by atoms with Crippen LogP contribution in [0.5, 0.6) is 0 Å². The number of nitrogens with zero attached hydrogens (tertiary/aromatic N) is 1. The summed E-state index contributed by atoms with van der Waals surface area (Å²) in [7, 11) is 1.89. The maximum atomic E-state index is 13.8. The maximum Gasteiger partial charge on any atom is 0.257 e. The molecule has 1 unspecified atom stereocenters. The number of likely N-dealkylation sites (tertiary alicyclic amines) is 1. The third kappa shape index (κ3) is 5.14. The van der Waals surface area contributed by atoms with Crippen molar-refractivity contribution in [3.63, 3.8) is 0 Å². The van der Waals surface area contributed by atoms with Crippen LogP contribution in [0.15, 0.2) is 18.2 Å². The Morgan fingerprint density at radius 2 is 1.69 bits per heavy atom. The van der Waals surface area contributed by atoms with E-state index < -0.39 is 29.1 Å². The largest absolute Gasteiger partial charge is 0.341 e. The molecule has 0 aliphatic carbocycles. The molecule has 0 bridgehead atoms. The van der Waals surface area contributed by atoms with E-state index in [1.54, 1.807) is 18.7 Å². The van der Waals surface area contributed by atoms with Crippen LogP contribution in [0, 0.1) is 17.6 Å². The van der Waals surface area contributed by atoms with Crippen molar-refractivity contribution in [2.45, 2.75) is 38.8 Å². The molecule has 5 nitrogen and oxygen atoms in total. The van der Waals surface area contributed by atoms with Crippen LogP contribution in [0.2, 0.25) is 0 Å². The minimum Gasteiger partial charge on any atom is -0.341 e. The van der Waals surface area contributed by atoms with Gasteiger partial charge < -0.3 is 15.5 Å². The molecule has 8 heteroatoms. The van der Waals surface area contributed by atoms with Gasteiger partial charge in [-0.3, -0.25) is 9.59 Å². The molecule has 0 saturated carbocycles. The molecule has 1 saturated heterocycles. The molecule has 1 atom stereocenters. The quantitative estimate of drug-likeness (QED) is 0.812. The lowest BCUT2D eigenvalue weighted by atomic mass is 9.99. The van der Waals surface area contributed by atoms with E-state index in [0.717, 1.165) is 25.0 Å². The molecule has 2 amide bonds. The minimum atomic E-state index is -0.942. The first kappa shape index (κ1) is 22.3. The van der Waals surface area contributed by atoms with Gasteiger partial charge in [-0.1, -0.05) is 19.9 Å². The lowest BCUT2D eigenvalue weighted by molar-refractivity contribution is -0.135. The molecule has 1 aromatic carbocycles. The molecule has 0 aromatic heterocycles. The van der Waals surface area contributed by atoms with Gasteiger partial charge in [-0.05, 0) is 37.9 Å². The normalized spacial score (nSPS) is 16.2. The molecule has 1 fully saturated rings. The van der Waals surface area contributed by atoms with E-state index in [1.165, 1.54) is 6.07 Å². The Morgan fingerprint density at radius 1 is 1.15 bits per heavy atom. The van der Waals surface area contributed by atoms with Crippen molar-refractivity contribution in [1.29, 1.82) is 0 Å². The zero-order valence-corrected chi connectivity index (χ0v) is 16.0. The smallest absolute Gasteiger partial charge is 0.257 e. The highest BCUT2D eigenvalue weighted by molar-refractivity contribution is 5.98. The van der Waals surface area contributed by atoms with Gasteiger partial charge in [0.25, 0.3) is 5.91 Å². The Morgan fingerprint density at radius 3 is 2.15 bits per heavy atom. The van der Waals surface area contributed by atoms with E-state index in [9.17, 15) is 18.4 Å². The Labute approximate surface area is 158 Å². The number of piperidine rings is 1. The molecule has 0 spiro atoms. The van der Waals surface area contributed by atoms with E-state index >= 15 is 0 Å². The molecule has 1 aliphatic rings. The van der Waals surface area contributed by atoms with Crippen LogP contribution >= 0.6 is 12.4 Å². The summed E-state index contributed by atoms with van der Waals surface area (Å²) in [6, 6.07) is 2.79. The van der Waals surface area contributed by atoms with Gasteiger partial charge in [-0.2, -0.15) is 0 Å². The van der Waals surface area contributed by atoms with Crippen molar-refractivity contribution in [2.75, 3.05) is 20.1 Å². The van der Waals surface area contributed by atoms with Crippen LogP contribution in [-0.4, -0.2) is 48.9 Å². The molecule has 1 aromatic rings. The summed E-state index contributed by atoms with van der Waals surface area (Å²) < 4.78 is 27.6. The number of rotatable bonds is 5. The van der Waals surface area contributed by atoms with Crippen LogP contribution in [0.1, 0.15) is 37.0 Å². The van der Waals surface area contributed by atoms with Gasteiger partial charge in [-0.15, -0.1) is 12.4 Å². The van der Waals surface area contributed by atoms with Gasteiger partial charge in [0.1, 0.15) is 23.2 Å². The summed E-state index contributed by atoms with van der Waals surface area (Å²) in [6.45, 7) is 4.77. The second-order valence-electron chi connectivity index (χ2n) is 6.68. The van der Waals surface area contributed by atoms with Gasteiger partial charge in [0.2, 0.25) is 5.91 Å². The van der Waals surface area contributed by atoms with Crippen LogP contribution in [0.3, 0.4) is 0 Å². The van der Waals surface area contributed by atoms with Crippen LogP contribution in [0.4, 0.5) is 8.78 Å². The molecule has 2 N–H and O–H groups in total. The molecule has 1 aliphatic heterocycles. The second kappa shape index (κ2) is 9.83. The zero-order chi connectivity index (χ0) is 18.6. The Kier molecular flexibility index (Phi) is 8.43. The van der Waals surface area contributed by atoms with Crippen LogP contribution < -0.4 is 10.6 Å². The van der Waals surface area contributed by atoms with Crippen molar-refractivity contribution in [2.24, 2.45) is 5.92 Å². The van der Waals surface area contributed by atoms with Crippen molar-refractivity contribution in [1.82, 2.24) is 15.5 Å². The number of nitrogens with one attached hydrogen (secondary N) is 2. The maximum absolute atomic E-state index is 13.8. The van der Waals surface area contributed by atoms with Crippen LogP contribution in [-0.2, 0) is 4.79 Å². The second-order valence-corrected chi connectivity index (χ2v) is 6.68. The highest BCUT2D eigenvalue weighted by atomic mass is 35.5. The van der Waals surface area contributed by atoms with Crippen LogP contribution in [0.25, 0.3) is 0 Å². The SMILES string of the molecule is CNC1CCN(C(=O)C(NC(=O)c2c(F)cccc2F)C(C)C)CC1.Cl. The summed E-state index contributed by atoms with van der Waals surface area (Å²) in [4.78, 5) is 26.8. The van der Waals surface area contributed by atoms with Crippen molar-refractivity contribution >= 4 is 24.2 Å². The first-order chi connectivity index (χ1) is 11.8. The minimum absolute atomic E-state index is 0. The number of amides is 2. The summed E-state index contributed by atoms with van der Waals surface area (Å²) in [5, 5.41) is 5.70. The summed E-state index contributed by atoms with van der Waals surface area (Å²) in [5.74, 6) is -3.21. The third-order valence-corrected chi connectivity index (χ3v) is 4.62. The summed E-state index contributed by atoms with van der Waals surface area (Å²) >= 11 is 0. The lowest BCUT2D eigenvalue weighted by Crippen LogP contribution is -2.54. The van der Waals surface area contributed by atoms with Crippen molar-refractivity contribution in [3.05, 3.63) is 35.4 Å². The standard InChI is InChI=1S/C18H25F2N3O2.ClH/c1-11(2)16(18(25)23-9-7-12(21-3)8-10-23)22-17(24)15-13(19)5-4-6-14(15)20;/h4-6,11-12,16,21H,7-10H2,1-3H3,(H,22,24);1H. The number of hydrogen-bond donors (Lipinski definition) is 2. The zero-order valence-electron chi connectivity index (χ0n) is 15.2. The predicted octanol–water partition coefficient (Wildman–Crippen LogP) is 2.35. The Hall–Kier alpha value is -1.73. The topological polar surface area (TPSA) is 61.4 Å². The van der Waals surface area contributed by atoms with Crippen molar-refractivity contribution in [3.8, 4) is 0 Å². The number of benzene rings is 1. The van der Waals surface area contributed by atoms with E-state index in [0.29, 0.717) is 19.1 Å². The number of hydrogen-bond acceptors (Lipinski definition) is 3. The number of halogens is 3. The first-order valence-corrected chi connectivity index (χ1v) is 8.56. The molecule has 0 radical (unpaired) electrons. The molecule has 2 rings (SSSR count). The average molecular weight is 390 g/mol. The number of carbonyl (C=O) groups excluding carboxylic acids is 2. The Bertz CT molecular complexity index is 615. The molecule has 146 valence electrons. The highest BCUT2D eigenvalue weighted by Crippen LogP contribution is 2.16. The monoisotopic (exact) mass is 389 g/mol. The van der Waals surface area contributed by atoms with Gasteiger partial charge in [0, 0.05) is 19.1 Å². The van der Waals surface area contributed by atoms with Gasteiger partial charge in [0.05, 0.1) is 0 Å². The fourth-order valence-electron chi connectivity index (χ4n) is 3.03. The third-order valence-electron chi connectivity index (χ3n) is 4.62. The first-order valence-electron chi connectivity index (χ1n) is 8.56. The van der Waals surface area contributed by atoms with Gasteiger partial charge >= 0.3 is 0 Å². The van der Waals surface area contributed by atoms with Gasteiger partial charge in [0.15, 0.2) is 0 Å². The lowest BCUT2D eigenvalue weighted by Gasteiger charge is -2.35. The molecule has 26 heavy (non-hydrogen) atoms. The average Bonchev–Trinajstić information content (AvgIpc) is 2.58. The molecular weight excluding hydrogens is 364 g/mol. The summed E-state index contributed by atoms with van der Waals surface area (Å²) in [6.07, 6.45) is 1.67. The highest BCUT2D eigenvalue weighted by Gasteiger charge is 2.32. The van der Waals surface area contributed by atoms with E-state index in [2.05, 4.69) is 10.6 Å². The molecule has 1 heterocycles. The fourth-order valence-corrected chi connectivity index (χ4v) is 3.03. The van der Waals surface area contributed by atoms with E-state index in [4.69, 9.17) is 0 Å². The number of carbonyl (C=O) groups is 2. The Balaban J connectivity index is 0.00000338. The summed E-state index contributed by atoms with van der Waals surface area (Å²) in [5.41, 5.74) is -0.658. The molecular formula is C18H26ClF2N3O2. The van der Waals surface area contributed by atoms with E-state index in [-0.39, 0.29) is 24.2 Å². The predicted molar refractivity (Wildman–Crippen MR) is 98.4 cm³/mol. The van der Waals surface area contributed by atoms with Gasteiger partial charge in [-0.25, -0.2) is 8.78 Å². The van der Waals surface area contributed by atoms with Crippen molar-refractivity contribution < 1.29 is 18.4 Å². The fraction of sp³-hybridized carbons (Fsp3) is 0.556.